The Bertz CT molecular complexity index is 769. The number of anilines is 1. The largest absolute Gasteiger partial charge is 0.453 e. The normalized spacial score (nSPS) is 16.0. The average Bonchev–Trinajstić information content (AvgIpc) is 3.17. The van der Waals surface area contributed by atoms with E-state index >= 15 is 0 Å². The molecule has 0 unspecified atom stereocenters. The fourth-order valence-electron chi connectivity index (χ4n) is 3.34. The van der Waals surface area contributed by atoms with Gasteiger partial charge in [0.15, 0.2) is 6.10 Å². The monoisotopic (exact) mass is 372 g/mol. The smallest absolute Gasteiger partial charge is 0.409 e. The maximum atomic E-state index is 12.7. The number of piperidine rings is 1. The van der Waals surface area contributed by atoms with E-state index < -0.39 is 6.10 Å². The Labute approximate surface area is 158 Å². The molecule has 1 aromatic carbocycles. The van der Waals surface area contributed by atoms with Crippen molar-refractivity contribution in [3.63, 3.8) is 0 Å². The highest BCUT2D eigenvalue weighted by Gasteiger charge is 2.27. The zero-order chi connectivity index (χ0) is 19.2. The summed E-state index contributed by atoms with van der Waals surface area (Å²) in [6.07, 6.45) is 2.13. The molecule has 8 heteroatoms. The van der Waals surface area contributed by atoms with Gasteiger partial charge < -0.3 is 19.7 Å². The number of carbonyl (C=O) groups excluding carboxylic acids is 2. The topological polar surface area (TPSA) is 85.7 Å². The van der Waals surface area contributed by atoms with Gasteiger partial charge in [-0.3, -0.25) is 4.79 Å². The number of hydrogen-bond acceptors (Lipinski definition) is 5. The molecule has 3 rings (SSSR count). The molecule has 2 heterocycles. The summed E-state index contributed by atoms with van der Waals surface area (Å²) >= 11 is 0. The van der Waals surface area contributed by atoms with Crippen LogP contribution < -0.4 is 5.32 Å². The van der Waals surface area contributed by atoms with E-state index in [1.165, 1.54) is 14.2 Å². The van der Waals surface area contributed by atoms with Gasteiger partial charge in [0.1, 0.15) is 5.82 Å². The van der Waals surface area contributed by atoms with Gasteiger partial charge in [-0.05, 0) is 18.4 Å². The van der Waals surface area contributed by atoms with Crippen molar-refractivity contribution >= 4 is 17.8 Å². The molecule has 2 aromatic rings. The van der Waals surface area contributed by atoms with Crippen molar-refractivity contribution in [3.8, 4) is 0 Å². The molecule has 0 radical (unpaired) electrons. The van der Waals surface area contributed by atoms with Gasteiger partial charge in [0, 0.05) is 26.3 Å². The Morgan fingerprint density at radius 2 is 1.85 bits per heavy atom. The number of rotatable bonds is 5. The number of aromatic nitrogens is 2. The number of amides is 2. The summed E-state index contributed by atoms with van der Waals surface area (Å²) < 4.78 is 12.0. The first-order chi connectivity index (χ1) is 13.1. The maximum Gasteiger partial charge on any atom is 0.409 e. The molecule has 1 aromatic heterocycles. The molecule has 144 valence electrons. The van der Waals surface area contributed by atoms with Crippen LogP contribution in [-0.4, -0.2) is 54.0 Å². The van der Waals surface area contributed by atoms with Crippen molar-refractivity contribution < 1.29 is 19.1 Å². The predicted molar refractivity (Wildman–Crippen MR) is 99.3 cm³/mol. The van der Waals surface area contributed by atoms with Crippen LogP contribution in [0.1, 0.15) is 30.6 Å². The minimum Gasteiger partial charge on any atom is -0.453 e. The lowest BCUT2D eigenvalue weighted by Crippen LogP contribution is -2.39. The number of likely N-dealkylation sites (tertiary alicyclic amines) is 1. The van der Waals surface area contributed by atoms with E-state index in [0.29, 0.717) is 18.9 Å². The van der Waals surface area contributed by atoms with Gasteiger partial charge in [-0.25, -0.2) is 9.48 Å². The molecule has 1 atom stereocenters. The Morgan fingerprint density at radius 1 is 1.15 bits per heavy atom. The Kier molecular flexibility index (Phi) is 6.08. The van der Waals surface area contributed by atoms with Gasteiger partial charge in [0.05, 0.1) is 19.3 Å². The van der Waals surface area contributed by atoms with Crippen molar-refractivity contribution in [2.45, 2.75) is 25.0 Å². The first kappa shape index (κ1) is 18.9. The second kappa shape index (κ2) is 8.68. The van der Waals surface area contributed by atoms with Crippen LogP contribution in [0.2, 0.25) is 0 Å². The van der Waals surface area contributed by atoms with Crippen LogP contribution in [0.3, 0.4) is 0 Å². The van der Waals surface area contributed by atoms with Gasteiger partial charge in [-0.2, -0.15) is 5.10 Å². The van der Waals surface area contributed by atoms with Crippen molar-refractivity contribution in [3.05, 3.63) is 48.2 Å². The minimum atomic E-state index is -0.698. The molecule has 1 aliphatic rings. The van der Waals surface area contributed by atoms with Crippen LogP contribution in [0.25, 0.3) is 0 Å². The van der Waals surface area contributed by atoms with Crippen LogP contribution in [0.4, 0.5) is 10.6 Å². The van der Waals surface area contributed by atoms with E-state index in [2.05, 4.69) is 10.4 Å². The van der Waals surface area contributed by atoms with Gasteiger partial charge in [-0.1, -0.05) is 30.3 Å². The molecule has 1 N–H and O–H groups in total. The number of benzene rings is 1. The zero-order valence-electron chi connectivity index (χ0n) is 15.5. The summed E-state index contributed by atoms with van der Waals surface area (Å²) in [6.45, 7) is 1.19. The van der Waals surface area contributed by atoms with E-state index in [4.69, 9.17) is 9.47 Å². The van der Waals surface area contributed by atoms with Gasteiger partial charge in [-0.15, -0.1) is 0 Å². The number of nitrogens with one attached hydrogen (secondary N) is 1. The Balaban J connectivity index is 1.67. The summed E-state index contributed by atoms with van der Waals surface area (Å²) in [5, 5.41) is 7.28. The fraction of sp³-hybridized carbons (Fsp3) is 0.421. The standard InChI is InChI=1S/C19H24N4O4/c1-26-17(14-6-4-3-5-7-14)18(24)21-16-8-11-20-23(16)15-9-12-22(13-10-15)19(25)27-2/h3-8,11,15,17H,9-10,12-13H2,1-2H3,(H,21,24)/t17-/m1/s1. The highest BCUT2D eigenvalue weighted by atomic mass is 16.5. The van der Waals surface area contributed by atoms with Crippen LogP contribution in [0, 0.1) is 0 Å². The number of carbonyl (C=O) groups is 2. The summed E-state index contributed by atoms with van der Waals surface area (Å²) in [4.78, 5) is 26.0. The summed E-state index contributed by atoms with van der Waals surface area (Å²) in [7, 11) is 2.89. The lowest BCUT2D eigenvalue weighted by Gasteiger charge is -2.31. The van der Waals surface area contributed by atoms with Crippen molar-refractivity contribution in [1.82, 2.24) is 14.7 Å². The highest BCUT2D eigenvalue weighted by molar-refractivity contribution is 5.94. The third kappa shape index (κ3) is 4.28. The molecule has 0 spiro atoms. The van der Waals surface area contributed by atoms with Crippen LogP contribution in [0.15, 0.2) is 42.6 Å². The molecule has 0 aliphatic carbocycles. The van der Waals surface area contributed by atoms with Crippen LogP contribution in [-0.2, 0) is 14.3 Å². The molecule has 8 nitrogen and oxygen atoms in total. The SMILES string of the molecule is COC(=O)N1CCC(n2nccc2NC(=O)[C@H](OC)c2ccccc2)CC1. The van der Waals surface area contributed by atoms with Crippen molar-refractivity contribution in [2.24, 2.45) is 0 Å². The molecule has 0 bridgehead atoms. The molecule has 1 fully saturated rings. The molecule has 1 saturated heterocycles. The minimum absolute atomic E-state index is 0.105. The lowest BCUT2D eigenvalue weighted by molar-refractivity contribution is -0.126. The lowest BCUT2D eigenvalue weighted by atomic mass is 10.1. The zero-order valence-corrected chi connectivity index (χ0v) is 15.5. The number of ether oxygens (including phenoxy) is 2. The van der Waals surface area contributed by atoms with Crippen LogP contribution >= 0.6 is 0 Å². The first-order valence-electron chi connectivity index (χ1n) is 8.89. The van der Waals surface area contributed by atoms with Gasteiger partial charge in [0.2, 0.25) is 0 Å². The predicted octanol–water partition coefficient (Wildman–Crippen LogP) is 2.61. The third-order valence-corrected chi connectivity index (χ3v) is 4.74. The number of nitrogens with zero attached hydrogens (tertiary/aromatic N) is 3. The summed E-state index contributed by atoms with van der Waals surface area (Å²) in [5.74, 6) is 0.368. The first-order valence-corrected chi connectivity index (χ1v) is 8.89. The quantitative estimate of drug-likeness (QED) is 0.872. The average molecular weight is 372 g/mol. The Hall–Kier alpha value is -2.87. The number of hydrogen-bond donors (Lipinski definition) is 1. The molecule has 27 heavy (non-hydrogen) atoms. The fourth-order valence-corrected chi connectivity index (χ4v) is 3.34. The maximum absolute atomic E-state index is 12.7. The second-order valence-electron chi connectivity index (χ2n) is 6.36. The molecular weight excluding hydrogens is 348 g/mol. The van der Waals surface area contributed by atoms with Gasteiger partial charge in [0.25, 0.3) is 5.91 Å². The molecule has 2 amide bonds. The molecule has 1 aliphatic heterocycles. The summed E-state index contributed by atoms with van der Waals surface area (Å²) in [5.41, 5.74) is 0.787. The van der Waals surface area contributed by atoms with E-state index in [0.717, 1.165) is 18.4 Å². The van der Waals surface area contributed by atoms with Gasteiger partial charge >= 0.3 is 6.09 Å². The highest BCUT2D eigenvalue weighted by Crippen LogP contribution is 2.26. The number of methoxy groups -OCH3 is 2. The van der Waals surface area contributed by atoms with Crippen molar-refractivity contribution in [1.29, 1.82) is 0 Å². The molecular formula is C19H24N4O4. The van der Waals surface area contributed by atoms with E-state index in [1.807, 2.05) is 35.0 Å². The van der Waals surface area contributed by atoms with Crippen molar-refractivity contribution in [2.75, 3.05) is 32.6 Å². The summed E-state index contributed by atoms with van der Waals surface area (Å²) in [6, 6.07) is 11.2. The molecule has 0 saturated carbocycles. The van der Waals surface area contributed by atoms with Crippen LogP contribution in [0.5, 0.6) is 0 Å². The second-order valence-corrected chi connectivity index (χ2v) is 6.36. The van der Waals surface area contributed by atoms with E-state index in [1.54, 1.807) is 17.2 Å². The Morgan fingerprint density at radius 3 is 2.48 bits per heavy atom. The van der Waals surface area contributed by atoms with E-state index in [9.17, 15) is 9.59 Å². The third-order valence-electron chi connectivity index (χ3n) is 4.74. The van der Waals surface area contributed by atoms with E-state index in [-0.39, 0.29) is 18.0 Å².